The van der Waals surface area contributed by atoms with Gasteiger partial charge in [0.1, 0.15) is 15.1 Å². The van der Waals surface area contributed by atoms with Gasteiger partial charge in [-0.05, 0) is 30.9 Å². The molecule has 1 aliphatic heterocycles. The summed E-state index contributed by atoms with van der Waals surface area (Å²) in [5, 5.41) is 0. The predicted molar refractivity (Wildman–Crippen MR) is 133 cm³/mol. The fraction of sp³-hybridized carbons (Fsp3) is 0.667. The third kappa shape index (κ3) is 8.30. The van der Waals surface area contributed by atoms with Crippen LogP contribution in [0.4, 0.5) is 0 Å². The molecule has 3 heteroatoms. The van der Waals surface area contributed by atoms with E-state index in [1.807, 2.05) is 0 Å². The Bertz CT molecular complexity index is 761. The highest BCUT2D eigenvalue weighted by atomic mass is 28.3. The Kier molecular flexibility index (Phi) is 9.69. The molecule has 0 bridgehead atoms. The summed E-state index contributed by atoms with van der Waals surface area (Å²) in [6, 6.07) is 8.78. The molecule has 0 amide bonds. The van der Waals surface area contributed by atoms with Crippen molar-refractivity contribution in [2.24, 2.45) is 0 Å². The molecule has 0 atom stereocenters. The molecule has 0 spiro atoms. The monoisotopic (exact) mass is 426 g/mol. The molecule has 1 heterocycles. The Labute approximate surface area is 187 Å². The first-order valence-electron chi connectivity index (χ1n) is 12.0. The van der Waals surface area contributed by atoms with Gasteiger partial charge in [0.25, 0.3) is 0 Å². The zero-order valence-corrected chi connectivity index (χ0v) is 21.4. The number of nitrogens with zero attached hydrogens (tertiary/aromatic N) is 1. The van der Waals surface area contributed by atoms with Crippen molar-refractivity contribution in [3.05, 3.63) is 35.4 Å². The van der Waals surface area contributed by atoms with Gasteiger partial charge >= 0.3 is 5.90 Å². The Hall–Kier alpha value is -1.53. The molecular formula is C27H44NOSi+. The van der Waals surface area contributed by atoms with E-state index in [-0.39, 0.29) is 5.54 Å². The van der Waals surface area contributed by atoms with Crippen molar-refractivity contribution in [1.82, 2.24) is 0 Å². The minimum Gasteiger partial charge on any atom is -0.437 e. The fourth-order valence-electron chi connectivity index (χ4n) is 3.84. The first-order chi connectivity index (χ1) is 14.2. The molecule has 0 saturated heterocycles. The molecule has 1 aromatic carbocycles. The Morgan fingerprint density at radius 3 is 2.13 bits per heavy atom. The van der Waals surface area contributed by atoms with Crippen molar-refractivity contribution in [2.45, 2.75) is 103 Å². The second-order valence-corrected chi connectivity index (χ2v) is 15.3. The van der Waals surface area contributed by atoms with Crippen LogP contribution in [0.15, 0.2) is 24.3 Å². The molecule has 1 aliphatic rings. The molecule has 2 rings (SSSR count). The summed E-state index contributed by atoms with van der Waals surface area (Å²) in [4.78, 5) is 0. The van der Waals surface area contributed by atoms with Crippen molar-refractivity contribution in [2.75, 3.05) is 13.7 Å². The maximum atomic E-state index is 6.07. The molecule has 0 N–H and O–H groups in total. The smallest absolute Gasteiger partial charge is 0.370 e. The standard InChI is InChI=1S/C27H44NOSi/c1-27(2)23-29-26(28(27)3)25-21-17-16-20-24(25)19-15-13-11-9-7-8-10-12-14-18-22-30(4,5)6/h16-17,20-21H,7-15,19,23H2,1-6H3/q+1. The lowest BCUT2D eigenvalue weighted by molar-refractivity contribution is -0.562. The van der Waals surface area contributed by atoms with Crippen LogP contribution in [0, 0.1) is 11.5 Å². The van der Waals surface area contributed by atoms with Gasteiger partial charge in [0, 0.05) is 20.3 Å². The molecule has 30 heavy (non-hydrogen) atoms. The first kappa shape index (κ1) is 24.7. The van der Waals surface area contributed by atoms with Crippen LogP contribution < -0.4 is 0 Å². The van der Waals surface area contributed by atoms with Crippen molar-refractivity contribution in [3.8, 4) is 11.5 Å². The average Bonchev–Trinajstić information content (AvgIpc) is 2.95. The highest BCUT2D eigenvalue weighted by Crippen LogP contribution is 2.22. The van der Waals surface area contributed by atoms with E-state index < -0.39 is 8.07 Å². The van der Waals surface area contributed by atoms with Crippen LogP contribution in [-0.2, 0) is 11.2 Å². The van der Waals surface area contributed by atoms with E-state index in [0.717, 1.165) is 25.3 Å². The van der Waals surface area contributed by atoms with Gasteiger partial charge < -0.3 is 4.74 Å². The van der Waals surface area contributed by atoms with Crippen molar-refractivity contribution in [3.63, 3.8) is 0 Å². The molecule has 0 aromatic heterocycles. The summed E-state index contributed by atoms with van der Waals surface area (Å²) in [6.07, 6.45) is 12.9. The van der Waals surface area contributed by atoms with Crippen LogP contribution in [0.5, 0.6) is 0 Å². The van der Waals surface area contributed by atoms with Crippen molar-refractivity contribution < 1.29 is 9.31 Å². The molecule has 0 saturated carbocycles. The van der Waals surface area contributed by atoms with Gasteiger partial charge in [0.2, 0.25) is 0 Å². The van der Waals surface area contributed by atoms with Crippen LogP contribution in [0.2, 0.25) is 19.6 Å². The highest BCUT2D eigenvalue weighted by Gasteiger charge is 2.40. The minimum absolute atomic E-state index is 0.0728. The number of aryl methyl sites for hydroxylation is 1. The Morgan fingerprint density at radius 2 is 1.53 bits per heavy atom. The molecular weight excluding hydrogens is 382 g/mol. The van der Waals surface area contributed by atoms with Crippen molar-refractivity contribution in [1.29, 1.82) is 0 Å². The van der Waals surface area contributed by atoms with Gasteiger partial charge in [-0.15, -0.1) is 11.5 Å². The lowest BCUT2D eigenvalue weighted by atomic mass is 9.99. The van der Waals surface area contributed by atoms with E-state index in [1.165, 1.54) is 62.5 Å². The molecule has 166 valence electrons. The summed E-state index contributed by atoms with van der Waals surface area (Å²) in [5.41, 5.74) is 6.25. The fourth-order valence-corrected chi connectivity index (χ4v) is 4.49. The van der Waals surface area contributed by atoms with Crippen LogP contribution in [0.25, 0.3) is 0 Å². The lowest BCUT2D eigenvalue weighted by Crippen LogP contribution is -2.33. The van der Waals surface area contributed by atoms with E-state index in [2.05, 4.69) is 80.8 Å². The molecule has 0 fully saturated rings. The number of hydrogen-bond acceptors (Lipinski definition) is 1. The summed E-state index contributed by atoms with van der Waals surface area (Å²) >= 11 is 0. The van der Waals surface area contributed by atoms with Gasteiger partial charge in [0.05, 0.1) is 5.56 Å². The normalized spacial score (nSPS) is 15.7. The SMILES string of the molecule is C[N+]1=C(c2ccccc2CCCCCCCCCCC#C[Si](C)(C)C)OCC1(C)C. The maximum absolute atomic E-state index is 6.07. The lowest BCUT2D eigenvalue weighted by Gasteiger charge is -2.10. The predicted octanol–water partition coefficient (Wildman–Crippen LogP) is 6.82. The molecule has 1 aromatic rings. The second-order valence-electron chi connectivity index (χ2n) is 10.5. The van der Waals surface area contributed by atoms with Gasteiger partial charge in [-0.2, -0.15) is 4.58 Å². The van der Waals surface area contributed by atoms with Gasteiger partial charge in [-0.1, -0.05) is 76.4 Å². The number of rotatable bonds is 11. The zero-order chi connectivity index (χ0) is 22.0. The average molecular weight is 427 g/mol. The first-order valence-corrected chi connectivity index (χ1v) is 15.5. The third-order valence-electron chi connectivity index (χ3n) is 5.98. The molecule has 0 radical (unpaired) electrons. The summed E-state index contributed by atoms with van der Waals surface area (Å²) in [6.45, 7) is 12.2. The topological polar surface area (TPSA) is 12.2 Å². The molecule has 0 aliphatic carbocycles. The summed E-state index contributed by atoms with van der Waals surface area (Å²) < 4.78 is 8.36. The minimum atomic E-state index is -1.17. The van der Waals surface area contributed by atoms with Gasteiger partial charge in [0.15, 0.2) is 12.1 Å². The Morgan fingerprint density at radius 1 is 0.933 bits per heavy atom. The number of benzene rings is 1. The maximum Gasteiger partial charge on any atom is 0.370 e. The molecule has 0 unspecified atom stereocenters. The van der Waals surface area contributed by atoms with Crippen LogP contribution >= 0.6 is 0 Å². The number of likely N-dealkylation sites (N-methyl/N-ethyl adjacent to an activating group) is 1. The van der Waals surface area contributed by atoms with Crippen LogP contribution in [-0.4, -0.2) is 37.7 Å². The van der Waals surface area contributed by atoms with E-state index in [9.17, 15) is 0 Å². The van der Waals surface area contributed by atoms with E-state index in [0.29, 0.717) is 0 Å². The van der Waals surface area contributed by atoms with Crippen LogP contribution in [0.1, 0.15) is 82.8 Å². The molecule has 2 nitrogen and oxygen atoms in total. The summed E-state index contributed by atoms with van der Waals surface area (Å²) in [5.74, 6) is 4.44. The number of unbranched alkanes of at least 4 members (excludes halogenated alkanes) is 8. The second kappa shape index (κ2) is 11.7. The largest absolute Gasteiger partial charge is 0.437 e. The van der Waals surface area contributed by atoms with E-state index in [1.54, 1.807) is 0 Å². The van der Waals surface area contributed by atoms with E-state index >= 15 is 0 Å². The zero-order valence-electron chi connectivity index (χ0n) is 20.4. The quantitative estimate of drug-likeness (QED) is 0.164. The third-order valence-corrected chi connectivity index (χ3v) is 6.91. The summed E-state index contributed by atoms with van der Waals surface area (Å²) in [7, 11) is 0.982. The van der Waals surface area contributed by atoms with E-state index in [4.69, 9.17) is 4.74 Å². The van der Waals surface area contributed by atoms with Gasteiger partial charge in [-0.3, -0.25) is 0 Å². The van der Waals surface area contributed by atoms with Crippen molar-refractivity contribution >= 4 is 14.0 Å². The number of ether oxygens (including phenoxy) is 1. The van der Waals surface area contributed by atoms with Gasteiger partial charge in [-0.25, -0.2) is 0 Å². The highest BCUT2D eigenvalue weighted by molar-refractivity contribution is 6.83. The Balaban J connectivity index is 1.62. The number of hydrogen-bond donors (Lipinski definition) is 0. The van der Waals surface area contributed by atoms with Crippen LogP contribution in [0.3, 0.4) is 0 Å².